The van der Waals surface area contributed by atoms with E-state index in [1.165, 1.54) is 31.4 Å². The molecule has 0 aliphatic heterocycles. The van der Waals surface area contributed by atoms with Crippen molar-refractivity contribution >= 4 is 6.03 Å². The molecule has 0 aromatic heterocycles. The summed E-state index contributed by atoms with van der Waals surface area (Å²) in [4.78, 5) is 12.8. The fraction of sp³-hybridized carbons (Fsp3) is 0.720. The van der Waals surface area contributed by atoms with E-state index in [1.54, 1.807) is 6.07 Å². The zero-order valence-corrected chi connectivity index (χ0v) is 18.4. The van der Waals surface area contributed by atoms with Crippen LogP contribution in [0.2, 0.25) is 0 Å². The number of amides is 2. The van der Waals surface area contributed by atoms with E-state index in [-0.39, 0.29) is 35.9 Å². The molecule has 0 heterocycles. The standard InChI is InChI=1S/C25H33F3N2O2/c26-25(27,28)22-4-2-1-3-19(22)15-32-21-7-5-20(6-8-21)29-23(31)30-24-12-16-9-17(13-24)11-18(10-16)14-24/h1-4,16-18,20-21H,5-15H2,(H2,29,30,31). The average molecular weight is 451 g/mol. The van der Waals surface area contributed by atoms with Crippen molar-refractivity contribution in [3.8, 4) is 0 Å². The van der Waals surface area contributed by atoms with Gasteiger partial charge in [0.1, 0.15) is 0 Å². The summed E-state index contributed by atoms with van der Waals surface area (Å²) >= 11 is 0. The van der Waals surface area contributed by atoms with Gasteiger partial charge in [-0.3, -0.25) is 0 Å². The molecule has 7 heteroatoms. The topological polar surface area (TPSA) is 50.4 Å². The molecule has 0 unspecified atom stereocenters. The van der Waals surface area contributed by atoms with Crippen LogP contribution in [0, 0.1) is 17.8 Å². The summed E-state index contributed by atoms with van der Waals surface area (Å²) < 4.78 is 45.3. The fourth-order valence-corrected chi connectivity index (χ4v) is 7.23. The summed E-state index contributed by atoms with van der Waals surface area (Å²) in [5.74, 6) is 2.37. The van der Waals surface area contributed by atoms with Gasteiger partial charge >= 0.3 is 12.2 Å². The molecule has 5 fully saturated rings. The molecule has 5 aliphatic carbocycles. The Kier molecular flexibility index (Phi) is 5.89. The molecule has 0 radical (unpaired) electrons. The Morgan fingerprint density at radius 1 is 0.969 bits per heavy atom. The number of hydrogen-bond donors (Lipinski definition) is 2. The summed E-state index contributed by atoms with van der Waals surface area (Å²) in [6.07, 6.45) is 6.07. The third-order valence-corrected chi connectivity index (χ3v) is 8.22. The first-order chi connectivity index (χ1) is 15.3. The van der Waals surface area contributed by atoms with Gasteiger partial charge in [-0.15, -0.1) is 0 Å². The predicted octanol–water partition coefficient (Wildman–Crippen LogP) is 5.80. The van der Waals surface area contributed by atoms with Gasteiger partial charge in [-0.25, -0.2) is 4.79 Å². The van der Waals surface area contributed by atoms with Crippen LogP contribution in [0.3, 0.4) is 0 Å². The van der Waals surface area contributed by atoms with Gasteiger partial charge in [0.15, 0.2) is 0 Å². The van der Waals surface area contributed by atoms with Gasteiger partial charge in [0.25, 0.3) is 0 Å². The molecule has 32 heavy (non-hydrogen) atoms. The van der Waals surface area contributed by atoms with Crippen LogP contribution in [0.15, 0.2) is 24.3 Å². The Hall–Kier alpha value is -1.76. The van der Waals surface area contributed by atoms with Crippen LogP contribution in [0.25, 0.3) is 0 Å². The molecule has 0 spiro atoms. The fourth-order valence-electron chi connectivity index (χ4n) is 7.23. The van der Waals surface area contributed by atoms with Gasteiger partial charge < -0.3 is 15.4 Å². The van der Waals surface area contributed by atoms with Crippen LogP contribution < -0.4 is 10.6 Å². The summed E-state index contributed by atoms with van der Waals surface area (Å²) in [7, 11) is 0. The van der Waals surface area contributed by atoms with E-state index < -0.39 is 11.7 Å². The van der Waals surface area contributed by atoms with Crippen LogP contribution in [-0.4, -0.2) is 23.7 Å². The normalized spacial score (nSPS) is 36.2. The summed E-state index contributed by atoms with van der Waals surface area (Å²) in [6, 6.07) is 5.64. The number of ether oxygens (including phenoxy) is 1. The van der Waals surface area contributed by atoms with Crippen molar-refractivity contribution in [1.29, 1.82) is 0 Å². The lowest BCUT2D eigenvalue weighted by Gasteiger charge is -2.56. The van der Waals surface area contributed by atoms with Crippen molar-refractivity contribution in [2.24, 2.45) is 17.8 Å². The molecule has 4 nitrogen and oxygen atoms in total. The average Bonchev–Trinajstić information content (AvgIpc) is 2.71. The Balaban J connectivity index is 1.07. The molecule has 0 atom stereocenters. The Morgan fingerprint density at radius 2 is 1.56 bits per heavy atom. The third kappa shape index (κ3) is 4.78. The molecule has 2 amide bonds. The second-order valence-electron chi connectivity index (χ2n) is 10.7. The maximum atomic E-state index is 13.2. The first-order valence-corrected chi connectivity index (χ1v) is 12.1. The van der Waals surface area contributed by atoms with Gasteiger partial charge in [-0.2, -0.15) is 13.2 Å². The SMILES string of the molecule is O=C(NC1CCC(OCc2ccccc2C(F)(F)F)CC1)NC12CC3CC(CC(C3)C1)C2. The van der Waals surface area contributed by atoms with Crippen LogP contribution in [0.1, 0.15) is 75.3 Å². The maximum Gasteiger partial charge on any atom is 0.416 e. The lowest BCUT2D eigenvalue weighted by molar-refractivity contribution is -0.139. The third-order valence-electron chi connectivity index (χ3n) is 8.22. The number of halogens is 3. The second-order valence-corrected chi connectivity index (χ2v) is 10.7. The molecular formula is C25H33F3N2O2. The highest BCUT2D eigenvalue weighted by Crippen LogP contribution is 2.55. The van der Waals surface area contributed by atoms with Crippen LogP contribution in [0.4, 0.5) is 18.0 Å². The number of nitrogens with one attached hydrogen (secondary N) is 2. The summed E-state index contributed by atoms with van der Waals surface area (Å²) in [6.45, 7) is -0.0368. The predicted molar refractivity (Wildman–Crippen MR) is 115 cm³/mol. The smallest absolute Gasteiger partial charge is 0.374 e. The molecule has 5 aliphatic rings. The monoisotopic (exact) mass is 450 g/mol. The Morgan fingerprint density at radius 3 is 2.16 bits per heavy atom. The minimum Gasteiger partial charge on any atom is -0.374 e. The first-order valence-electron chi connectivity index (χ1n) is 12.1. The quantitative estimate of drug-likeness (QED) is 0.596. The van der Waals surface area contributed by atoms with Gasteiger partial charge in [0.2, 0.25) is 0 Å². The number of urea groups is 1. The molecule has 4 bridgehead atoms. The summed E-state index contributed by atoms with van der Waals surface area (Å²) in [5, 5.41) is 6.53. The molecule has 1 aromatic carbocycles. The molecular weight excluding hydrogens is 417 g/mol. The second kappa shape index (κ2) is 8.54. The first kappa shape index (κ1) is 22.1. The van der Waals surface area contributed by atoms with E-state index in [0.29, 0.717) is 0 Å². The Bertz CT molecular complexity index is 797. The van der Waals surface area contributed by atoms with Crippen LogP contribution >= 0.6 is 0 Å². The van der Waals surface area contributed by atoms with E-state index in [9.17, 15) is 18.0 Å². The lowest BCUT2D eigenvalue weighted by Crippen LogP contribution is -2.62. The molecule has 0 saturated heterocycles. The minimum atomic E-state index is -4.37. The summed E-state index contributed by atoms with van der Waals surface area (Å²) in [5.41, 5.74) is -0.447. The molecule has 6 rings (SSSR count). The highest BCUT2D eigenvalue weighted by atomic mass is 19.4. The van der Waals surface area contributed by atoms with E-state index in [2.05, 4.69) is 10.6 Å². The zero-order valence-electron chi connectivity index (χ0n) is 18.4. The zero-order chi connectivity index (χ0) is 22.3. The Labute approximate surface area is 187 Å². The van der Waals surface area contributed by atoms with Gasteiger partial charge in [-0.05, 0) is 93.6 Å². The molecule has 176 valence electrons. The number of alkyl halides is 3. The highest BCUT2D eigenvalue weighted by molar-refractivity contribution is 5.75. The van der Waals surface area contributed by atoms with Crippen molar-refractivity contribution < 1.29 is 22.7 Å². The lowest BCUT2D eigenvalue weighted by atomic mass is 9.53. The van der Waals surface area contributed by atoms with Gasteiger partial charge in [0, 0.05) is 11.6 Å². The molecule has 5 saturated carbocycles. The van der Waals surface area contributed by atoms with Crippen molar-refractivity contribution in [2.75, 3.05) is 0 Å². The minimum absolute atomic E-state index is 0.00498. The van der Waals surface area contributed by atoms with Crippen molar-refractivity contribution in [2.45, 2.75) is 94.7 Å². The molecule has 2 N–H and O–H groups in total. The van der Waals surface area contributed by atoms with Crippen molar-refractivity contribution in [3.63, 3.8) is 0 Å². The van der Waals surface area contributed by atoms with Gasteiger partial charge in [-0.1, -0.05) is 18.2 Å². The number of hydrogen-bond acceptors (Lipinski definition) is 2. The number of carbonyl (C=O) groups excluding carboxylic acids is 1. The largest absolute Gasteiger partial charge is 0.416 e. The number of rotatable bonds is 5. The number of carbonyl (C=O) groups is 1. The van der Waals surface area contributed by atoms with E-state index in [0.717, 1.165) is 68.8 Å². The van der Waals surface area contributed by atoms with Gasteiger partial charge in [0.05, 0.1) is 18.3 Å². The van der Waals surface area contributed by atoms with Crippen LogP contribution in [-0.2, 0) is 17.5 Å². The highest BCUT2D eigenvalue weighted by Gasteiger charge is 2.51. The maximum absolute atomic E-state index is 13.2. The van der Waals surface area contributed by atoms with Crippen molar-refractivity contribution in [3.05, 3.63) is 35.4 Å². The molecule has 1 aromatic rings. The van der Waals surface area contributed by atoms with E-state index in [4.69, 9.17) is 4.74 Å². The van der Waals surface area contributed by atoms with Crippen molar-refractivity contribution in [1.82, 2.24) is 10.6 Å². The van der Waals surface area contributed by atoms with Crippen LogP contribution in [0.5, 0.6) is 0 Å². The van der Waals surface area contributed by atoms with E-state index in [1.807, 2.05) is 0 Å². The number of benzene rings is 1. The van der Waals surface area contributed by atoms with E-state index >= 15 is 0 Å².